The molecule has 5 rings (SSSR count). The Morgan fingerprint density at radius 1 is 1.10 bits per heavy atom. The Kier molecular flexibility index (Phi) is 7.21. The topological polar surface area (TPSA) is 79.9 Å². The number of likely N-dealkylation sites (tertiary alicyclic amines) is 1. The van der Waals surface area contributed by atoms with E-state index in [1.807, 2.05) is 0 Å². The van der Waals surface area contributed by atoms with Gasteiger partial charge < -0.3 is 25.0 Å². The van der Waals surface area contributed by atoms with Crippen LogP contribution < -0.4 is 15.4 Å². The van der Waals surface area contributed by atoms with Crippen molar-refractivity contribution in [1.82, 2.24) is 15.5 Å². The molecule has 0 unspecified atom stereocenters. The maximum atomic E-state index is 14.5. The van der Waals surface area contributed by atoms with Gasteiger partial charge in [0.2, 0.25) is 0 Å². The highest BCUT2D eigenvalue weighted by Crippen LogP contribution is 2.46. The minimum Gasteiger partial charge on any atom is -0.493 e. The summed E-state index contributed by atoms with van der Waals surface area (Å²) in [6.45, 7) is 0.625. The third-order valence-electron chi connectivity index (χ3n) is 8.15. The second kappa shape index (κ2) is 10.3. The van der Waals surface area contributed by atoms with Crippen molar-refractivity contribution in [3.63, 3.8) is 0 Å². The van der Waals surface area contributed by atoms with Crippen LogP contribution in [-0.2, 0) is 15.1 Å². The molecule has 2 N–H and O–H groups in total. The highest BCUT2D eigenvalue weighted by molar-refractivity contribution is 5.88. The summed E-state index contributed by atoms with van der Waals surface area (Å²) in [5.41, 5.74) is -3.62. The summed E-state index contributed by atoms with van der Waals surface area (Å²) in [7, 11) is 0.880. The first-order valence-corrected chi connectivity index (χ1v) is 13.0. The molecule has 39 heavy (non-hydrogen) atoms. The van der Waals surface area contributed by atoms with E-state index in [0.29, 0.717) is 23.8 Å². The summed E-state index contributed by atoms with van der Waals surface area (Å²) < 4.78 is 68.5. The first kappa shape index (κ1) is 27.2. The lowest BCUT2D eigenvalue weighted by Gasteiger charge is -2.50. The van der Waals surface area contributed by atoms with Crippen LogP contribution in [0.15, 0.2) is 48.5 Å². The van der Waals surface area contributed by atoms with Gasteiger partial charge in [-0.15, -0.1) is 0 Å². The molecular weight excluding hydrogens is 518 g/mol. The molecule has 210 valence electrons. The predicted octanol–water partition coefficient (Wildman–Crippen LogP) is 4.48. The SMILES string of the molecule is CO[C@@](C(=O)N1CCC2(CC1)NC(=O)NC[C@H]2c1ccc(F)cc1OCC1CC1)(c1ccccc1)C(F)(F)F. The first-order valence-electron chi connectivity index (χ1n) is 13.0. The Morgan fingerprint density at radius 2 is 1.79 bits per heavy atom. The smallest absolute Gasteiger partial charge is 0.430 e. The maximum absolute atomic E-state index is 14.5. The second-order valence-electron chi connectivity index (χ2n) is 10.5. The fraction of sp³-hybridized carbons (Fsp3) is 0.500. The van der Waals surface area contributed by atoms with Crippen molar-refractivity contribution in [2.24, 2.45) is 5.92 Å². The van der Waals surface area contributed by atoms with Crippen molar-refractivity contribution in [2.45, 2.75) is 48.9 Å². The number of halogens is 4. The average Bonchev–Trinajstić information content (AvgIpc) is 3.74. The van der Waals surface area contributed by atoms with Gasteiger partial charge in [-0.25, -0.2) is 9.18 Å². The lowest BCUT2D eigenvalue weighted by Crippen LogP contribution is -2.67. The zero-order valence-corrected chi connectivity index (χ0v) is 21.5. The van der Waals surface area contributed by atoms with Crippen molar-refractivity contribution >= 4 is 11.9 Å². The molecule has 0 aromatic heterocycles. The fourth-order valence-electron chi connectivity index (χ4n) is 5.78. The van der Waals surface area contributed by atoms with Gasteiger partial charge in [0.25, 0.3) is 11.5 Å². The summed E-state index contributed by atoms with van der Waals surface area (Å²) in [6.07, 6.45) is -2.50. The minimum absolute atomic E-state index is 0.0386. The highest BCUT2D eigenvalue weighted by Gasteiger charge is 2.64. The number of amides is 3. The second-order valence-corrected chi connectivity index (χ2v) is 10.5. The number of carbonyl (C=O) groups excluding carboxylic acids is 2. The van der Waals surface area contributed by atoms with E-state index in [2.05, 4.69) is 10.6 Å². The molecule has 2 saturated heterocycles. The monoisotopic (exact) mass is 549 g/mol. The van der Waals surface area contributed by atoms with Gasteiger partial charge >= 0.3 is 12.2 Å². The van der Waals surface area contributed by atoms with Crippen LogP contribution in [0.2, 0.25) is 0 Å². The van der Waals surface area contributed by atoms with Crippen LogP contribution >= 0.6 is 0 Å². The lowest BCUT2D eigenvalue weighted by atomic mass is 9.71. The molecule has 0 bridgehead atoms. The van der Waals surface area contributed by atoms with E-state index in [1.165, 1.54) is 36.4 Å². The van der Waals surface area contributed by atoms with E-state index >= 15 is 0 Å². The molecule has 1 spiro atoms. The van der Waals surface area contributed by atoms with Crippen LogP contribution in [0.4, 0.5) is 22.4 Å². The van der Waals surface area contributed by atoms with Gasteiger partial charge in [0, 0.05) is 49.9 Å². The molecule has 11 heteroatoms. The van der Waals surface area contributed by atoms with Crippen LogP contribution in [0.1, 0.15) is 42.7 Å². The summed E-state index contributed by atoms with van der Waals surface area (Å²) in [4.78, 5) is 27.2. The van der Waals surface area contributed by atoms with E-state index in [1.54, 1.807) is 12.1 Å². The number of urea groups is 1. The number of benzene rings is 2. The van der Waals surface area contributed by atoms with Crippen molar-refractivity contribution in [3.05, 3.63) is 65.5 Å². The number of alkyl halides is 3. The van der Waals surface area contributed by atoms with Crippen molar-refractivity contribution in [1.29, 1.82) is 0 Å². The van der Waals surface area contributed by atoms with Crippen molar-refractivity contribution in [2.75, 3.05) is 33.4 Å². The molecule has 2 aliphatic heterocycles. The third kappa shape index (κ3) is 5.04. The number of hydrogen-bond acceptors (Lipinski definition) is 4. The Morgan fingerprint density at radius 3 is 2.41 bits per heavy atom. The van der Waals surface area contributed by atoms with E-state index in [0.717, 1.165) is 24.9 Å². The van der Waals surface area contributed by atoms with Gasteiger partial charge in [-0.1, -0.05) is 36.4 Å². The largest absolute Gasteiger partial charge is 0.493 e. The average molecular weight is 550 g/mol. The van der Waals surface area contributed by atoms with Gasteiger partial charge in [-0.3, -0.25) is 4.79 Å². The first-order chi connectivity index (χ1) is 18.6. The third-order valence-corrected chi connectivity index (χ3v) is 8.15. The van der Waals surface area contributed by atoms with E-state index in [9.17, 15) is 27.2 Å². The highest BCUT2D eigenvalue weighted by atomic mass is 19.4. The molecule has 2 heterocycles. The fourth-order valence-corrected chi connectivity index (χ4v) is 5.78. The molecule has 3 fully saturated rings. The number of methoxy groups -OCH3 is 1. The molecule has 1 aliphatic carbocycles. The van der Waals surface area contributed by atoms with E-state index in [-0.39, 0.29) is 44.0 Å². The maximum Gasteiger partial charge on any atom is 0.430 e. The van der Waals surface area contributed by atoms with Crippen LogP contribution in [-0.4, -0.2) is 61.9 Å². The Balaban J connectivity index is 1.42. The number of nitrogens with zero attached hydrogens (tertiary/aromatic N) is 1. The van der Waals surface area contributed by atoms with Gasteiger partial charge in [0.05, 0.1) is 12.1 Å². The standard InChI is InChI=1S/C28H31F4N3O4/c1-38-27(28(30,31)32,19-5-3-2-4-6-19)24(36)35-13-11-26(12-14-35)22(16-33-25(37)34-26)21-10-9-20(29)15-23(21)39-17-18-7-8-18/h2-6,9-10,15,18,22H,7-8,11-14,16-17H2,1H3,(H2,33,34,37)/t22-,27+/m0/s1. The Labute approximate surface area is 223 Å². The molecule has 1 saturated carbocycles. The number of piperidine rings is 1. The number of ether oxygens (including phenoxy) is 2. The van der Waals surface area contributed by atoms with E-state index < -0.39 is 35.1 Å². The van der Waals surface area contributed by atoms with Crippen LogP contribution in [0, 0.1) is 11.7 Å². The summed E-state index contributed by atoms with van der Waals surface area (Å²) >= 11 is 0. The molecule has 0 radical (unpaired) electrons. The Hall–Kier alpha value is -3.34. The minimum atomic E-state index is -5.01. The van der Waals surface area contributed by atoms with Gasteiger partial charge in [-0.2, -0.15) is 13.2 Å². The zero-order chi connectivity index (χ0) is 27.8. The molecule has 7 nitrogen and oxygen atoms in total. The summed E-state index contributed by atoms with van der Waals surface area (Å²) in [6, 6.07) is 10.8. The van der Waals surface area contributed by atoms with Gasteiger partial charge in [0.1, 0.15) is 11.6 Å². The summed E-state index contributed by atoms with van der Waals surface area (Å²) in [5.74, 6) is -1.18. The number of rotatable bonds is 7. The molecule has 2 aromatic rings. The lowest BCUT2D eigenvalue weighted by molar-refractivity contribution is -0.270. The predicted molar refractivity (Wildman–Crippen MR) is 134 cm³/mol. The van der Waals surface area contributed by atoms with Crippen LogP contribution in [0.3, 0.4) is 0 Å². The van der Waals surface area contributed by atoms with Crippen molar-refractivity contribution < 1.29 is 36.6 Å². The quantitative estimate of drug-likeness (QED) is 0.500. The molecular formula is C28H31F4N3O4. The molecule has 3 aliphatic rings. The molecule has 2 aromatic carbocycles. The van der Waals surface area contributed by atoms with Crippen LogP contribution in [0.25, 0.3) is 0 Å². The normalized spacial score (nSPS) is 22.5. The molecule has 2 atom stereocenters. The van der Waals surface area contributed by atoms with E-state index in [4.69, 9.17) is 9.47 Å². The van der Waals surface area contributed by atoms with Gasteiger partial charge in [-0.05, 0) is 37.7 Å². The van der Waals surface area contributed by atoms with Crippen LogP contribution in [0.5, 0.6) is 5.75 Å². The zero-order valence-electron chi connectivity index (χ0n) is 21.5. The summed E-state index contributed by atoms with van der Waals surface area (Å²) in [5, 5.41) is 5.76. The number of nitrogens with one attached hydrogen (secondary N) is 2. The van der Waals surface area contributed by atoms with Gasteiger partial charge in [0.15, 0.2) is 0 Å². The number of hydrogen-bond donors (Lipinski definition) is 2. The number of carbonyl (C=O) groups is 2. The Bertz CT molecular complexity index is 1210. The molecule has 3 amide bonds. The van der Waals surface area contributed by atoms with Crippen molar-refractivity contribution in [3.8, 4) is 5.75 Å².